The van der Waals surface area contributed by atoms with E-state index in [4.69, 9.17) is 9.47 Å². The van der Waals surface area contributed by atoms with Crippen LogP contribution in [0.15, 0.2) is 0 Å². The molecule has 4 heteroatoms. The van der Waals surface area contributed by atoms with E-state index in [2.05, 4.69) is 13.8 Å². The molecular weight excluding hydrogens is 278 g/mol. The topological polar surface area (TPSA) is 38.8 Å². The van der Waals surface area contributed by atoms with Crippen molar-refractivity contribution < 1.29 is 14.3 Å². The zero-order valence-corrected chi connectivity index (χ0v) is 13.9. The van der Waals surface area contributed by atoms with Crippen LogP contribution in [0.1, 0.15) is 58.8 Å². The molecule has 0 radical (unpaired) electrons. The summed E-state index contributed by atoms with van der Waals surface area (Å²) in [7, 11) is 0. The molecule has 5 unspecified atom stereocenters. The fourth-order valence-electron chi connectivity index (χ4n) is 5.44. The van der Waals surface area contributed by atoms with Crippen molar-refractivity contribution in [2.24, 2.45) is 17.8 Å². The number of rotatable bonds is 2. The van der Waals surface area contributed by atoms with E-state index in [9.17, 15) is 4.79 Å². The minimum absolute atomic E-state index is 0.0981. The number of hydrogen-bond donors (Lipinski definition) is 0. The number of piperidine rings is 1. The van der Waals surface area contributed by atoms with Gasteiger partial charge in [0.1, 0.15) is 11.7 Å². The first-order chi connectivity index (χ1) is 10.6. The summed E-state index contributed by atoms with van der Waals surface area (Å²) in [4.78, 5) is 14.6. The molecule has 1 aliphatic carbocycles. The van der Waals surface area contributed by atoms with Crippen molar-refractivity contribution in [2.75, 3.05) is 13.1 Å². The van der Waals surface area contributed by atoms with Crippen LogP contribution in [0.5, 0.6) is 0 Å². The lowest BCUT2D eigenvalue weighted by Crippen LogP contribution is -2.55. The normalized spacial score (nSPS) is 43.7. The smallest absolute Gasteiger partial charge is 0.410 e. The molecule has 0 aromatic carbocycles. The molecule has 0 N–H and O–H groups in total. The summed E-state index contributed by atoms with van der Waals surface area (Å²) in [6, 6.07) is 0. The van der Waals surface area contributed by atoms with Crippen molar-refractivity contribution in [1.29, 1.82) is 0 Å². The summed E-state index contributed by atoms with van der Waals surface area (Å²) in [6.45, 7) is 6.09. The van der Waals surface area contributed by atoms with Gasteiger partial charge < -0.3 is 14.4 Å². The Bertz CT molecular complexity index is 446. The zero-order valence-electron chi connectivity index (χ0n) is 13.9. The van der Waals surface area contributed by atoms with Crippen molar-refractivity contribution in [1.82, 2.24) is 4.90 Å². The number of nitrogens with zero attached hydrogens (tertiary/aromatic N) is 1. The van der Waals surface area contributed by atoms with Gasteiger partial charge in [-0.2, -0.15) is 0 Å². The van der Waals surface area contributed by atoms with Gasteiger partial charge in [0.25, 0.3) is 0 Å². The quantitative estimate of drug-likeness (QED) is 0.782. The average molecular weight is 307 g/mol. The van der Waals surface area contributed by atoms with E-state index in [0.717, 1.165) is 38.3 Å². The first-order valence-corrected chi connectivity index (χ1v) is 9.25. The first kappa shape index (κ1) is 14.8. The largest absolute Gasteiger partial charge is 0.440 e. The molecule has 2 bridgehead atoms. The second kappa shape index (κ2) is 5.40. The Balaban J connectivity index is 1.53. The number of hydrogen-bond acceptors (Lipinski definition) is 3. The van der Waals surface area contributed by atoms with Gasteiger partial charge in [0, 0.05) is 19.5 Å². The third kappa shape index (κ3) is 2.10. The van der Waals surface area contributed by atoms with Gasteiger partial charge in [-0.3, -0.25) is 0 Å². The molecule has 3 aliphatic heterocycles. The Morgan fingerprint density at radius 1 is 1.14 bits per heavy atom. The fourth-order valence-corrected chi connectivity index (χ4v) is 5.44. The summed E-state index contributed by atoms with van der Waals surface area (Å²) in [5.41, 5.74) is -0.384. The SMILES string of the molecule is CC(C)C1(OC(=O)N2CCCCC2)CC2OC1C1CCCC21. The molecule has 22 heavy (non-hydrogen) atoms. The molecule has 1 amide bonds. The zero-order chi connectivity index (χ0) is 15.3. The van der Waals surface area contributed by atoms with Gasteiger partial charge in [-0.1, -0.05) is 20.3 Å². The van der Waals surface area contributed by atoms with E-state index in [-0.39, 0.29) is 17.8 Å². The second-order valence-electron chi connectivity index (χ2n) is 8.08. The Morgan fingerprint density at radius 3 is 2.59 bits per heavy atom. The second-order valence-corrected chi connectivity index (χ2v) is 8.08. The van der Waals surface area contributed by atoms with Gasteiger partial charge in [-0.05, 0) is 49.9 Å². The summed E-state index contributed by atoms with van der Waals surface area (Å²) >= 11 is 0. The van der Waals surface area contributed by atoms with Crippen LogP contribution < -0.4 is 0 Å². The highest BCUT2D eigenvalue weighted by Crippen LogP contribution is 2.58. The minimum Gasteiger partial charge on any atom is -0.440 e. The maximum atomic E-state index is 12.7. The molecule has 0 aromatic rings. The van der Waals surface area contributed by atoms with Crippen LogP contribution in [0.4, 0.5) is 4.79 Å². The molecule has 124 valence electrons. The summed E-state index contributed by atoms with van der Waals surface area (Å²) in [5, 5.41) is 0. The summed E-state index contributed by atoms with van der Waals surface area (Å²) in [5.74, 6) is 1.67. The Morgan fingerprint density at radius 2 is 1.86 bits per heavy atom. The van der Waals surface area contributed by atoms with Gasteiger partial charge in [0.2, 0.25) is 0 Å². The highest BCUT2D eigenvalue weighted by molar-refractivity contribution is 5.68. The van der Waals surface area contributed by atoms with Crippen LogP contribution >= 0.6 is 0 Å². The number of fused-ring (bicyclic) bond motifs is 5. The molecule has 4 nitrogen and oxygen atoms in total. The number of carbonyl (C=O) groups excluding carboxylic acids is 1. The average Bonchev–Trinajstić information content (AvgIpc) is 3.19. The first-order valence-electron chi connectivity index (χ1n) is 9.25. The highest BCUT2D eigenvalue weighted by atomic mass is 16.6. The van der Waals surface area contributed by atoms with Crippen LogP contribution in [0.25, 0.3) is 0 Å². The van der Waals surface area contributed by atoms with Crippen molar-refractivity contribution in [3.8, 4) is 0 Å². The lowest BCUT2D eigenvalue weighted by molar-refractivity contribution is -0.0979. The van der Waals surface area contributed by atoms with Crippen molar-refractivity contribution in [3.05, 3.63) is 0 Å². The maximum Gasteiger partial charge on any atom is 0.410 e. The van der Waals surface area contributed by atoms with E-state index in [0.29, 0.717) is 17.9 Å². The van der Waals surface area contributed by atoms with E-state index in [1.807, 2.05) is 4.90 Å². The molecule has 1 saturated carbocycles. The predicted molar refractivity (Wildman–Crippen MR) is 83.6 cm³/mol. The van der Waals surface area contributed by atoms with E-state index in [1.54, 1.807) is 0 Å². The number of likely N-dealkylation sites (tertiary alicyclic amines) is 1. The third-order valence-corrected chi connectivity index (χ3v) is 6.68. The Hall–Kier alpha value is -0.770. The number of amides is 1. The molecule has 0 aromatic heterocycles. The molecule has 0 spiro atoms. The lowest BCUT2D eigenvalue weighted by atomic mass is 9.68. The predicted octanol–water partition coefficient (Wildman–Crippen LogP) is 3.59. The van der Waals surface area contributed by atoms with E-state index >= 15 is 0 Å². The summed E-state index contributed by atoms with van der Waals surface area (Å²) < 4.78 is 12.5. The van der Waals surface area contributed by atoms with Gasteiger partial charge in [0.15, 0.2) is 0 Å². The van der Waals surface area contributed by atoms with E-state index < -0.39 is 0 Å². The fraction of sp³-hybridized carbons (Fsp3) is 0.944. The molecule has 3 heterocycles. The molecule has 4 rings (SSSR count). The van der Waals surface area contributed by atoms with Crippen molar-refractivity contribution >= 4 is 6.09 Å². The van der Waals surface area contributed by atoms with Crippen LogP contribution in [0.2, 0.25) is 0 Å². The summed E-state index contributed by atoms with van der Waals surface area (Å²) in [6.07, 6.45) is 8.61. The lowest BCUT2D eigenvalue weighted by Gasteiger charge is -2.43. The Kier molecular flexibility index (Phi) is 3.63. The van der Waals surface area contributed by atoms with Crippen LogP contribution in [0.3, 0.4) is 0 Å². The van der Waals surface area contributed by atoms with Crippen LogP contribution in [0, 0.1) is 17.8 Å². The van der Waals surface area contributed by atoms with Crippen molar-refractivity contribution in [3.63, 3.8) is 0 Å². The number of carbonyl (C=O) groups is 1. The standard InChI is InChI=1S/C18H29NO3/c1-12(2)18(22-17(20)19-9-4-3-5-10-19)11-15-13-7-6-8-14(13)16(18)21-15/h12-16H,3-11H2,1-2H3. The van der Waals surface area contributed by atoms with Crippen LogP contribution in [-0.4, -0.2) is 41.9 Å². The highest BCUT2D eigenvalue weighted by Gasteiger charge is 2.65. The molecular formula is C18H29NO3. The third-order valence-electron chi connectivity index (χ3n) is 6.68. The van der Waals surface area contributed by atoms with Gasteiger partial charge >= 0.3 is 6.09 Å². The van der Waals surface area contributed by atoms with Gasteiger partial charge in [-0.25, -0.2) is 4.79 Å². The van der Waals surface area contributed by atoms with Gasteiger partial charge in [0.05, 0.1) is 6.10 Å². The van der Waals surface area contributed by atoms with Crippen molar-refractivity contribution in [2.45, 2.75) is 76.6 Å². The molecule has 4 aliphatic rings. The van der Waals surface area contributed by atoms with Gasteiger partial charge in [-0.15, -0.1) is 0 Å². The number of ether oxygens (including phenoxy) is 2. The Labute approximate surface area is 133 Å². The molecule has 3 saturated heterocycles. The van der Waals surface area contributed by atoms with E-state index in [1.165, 1.54) is 25.7 Å². The molecule has 5 atom stereocenters. The maximum absolute atomic E-state index is 12.7. The molecule has 4 fully saturated rings. The minimum atomic E-state index is -0.384. The monoisotopic (exact) mass is 307 g/mol. The van der Waals surface area contributed by atoms with Crippen LogP contribution in [-0.2, 0) is 9.47 Å².